The Morgan fingerprint density at radius 2 is 2.32 bits per heavy atom. The topological polar surface area (TPSA) is 33.1 Å². The molecular weight excluding hydrogens is 236 g/mol. The lowest BCUT2D eigenvalue weighted by atomic mass is 10.1. The van der Waals surface area contributed by atoms with Crippen LogP contribution in [0, 0.1) is 0 Å². The summed E-state index contributed by atoms with van der Waals surface area (Å²) in [7, 11) is 2.03. The SMILES string of the molecule is CCCC1CN(CCc2ccnn2C)C(C)CCN1. The van der Waals surface area contributed by atoms with Crippen molar-refractivity contribution in [3.05, 3.63) is 18.0 Å². The van der Waals surface area contributed by atoms with Gasteiger partial charge < -0.3 is 5.32 Å². The molecule has 1 fully saturated rings. The van der Waals surface area contributed by atoms with E-state index in [9.17, 15) is 0 Å². The summed E-state index contributed by atoms with van der Waals surface area (Å²) < 4.78 is 1.99. The van der Waals surface area contributed by atoms with E-state index in [-0.39, 0.29) is 0 Å². The highest BCUT2D eigenvalue weighted by Gasteiger charge is 2.22. The molecule has 1 aliphatic rings. The average molecular weight is 264 g/mol. The van der Waals surface area contributed by atoms with Gasteiger partial charge >= 0.3 is 0 Å². The standard InChI is InChI=1S/C15H28N4/c1-4-5-14-12-19(13(2)6-9-16-14)11-8-15-7-10-17-18(15)3/h7,10,13-14,16H,4-6,8-9,11-12H2,1-3H3. The van der Waals surface area contributed by atoms with Crippen LogP contribution in [-0.2, 0) is 13.5 Å². The maximum atomic E-state index is 4.25. The zero-order valence-electron chi connectivity index (χ0n) is 12.6. The molecule has 0 saturated carbocycles. The highest BCUT2D eigenvalue weighted by atomic mass is 15.3. The normalized spacial score (nSPS) is 25.4. The molecule has 1 saturated heterocycles. The van der Waals surface area contributed by atoms with Crippen LogP contribution in [0.1, 0.15) is 38.8 Å². The van der Waals surface area contributed by atoms with Gasteiger partial charge in [0, 0.05) is 50.5 Å². The van der Waals surface area contributed by atoms with E-state index in [0.717, 1.165) is 19.5 Å². The third kappa shape index (κ3) is 4.05. The Kier molecular flexibility index (Phi) is 5.40. The molecule has 1 N–H and O–H groups in total. The van der Waals surface area contributed by atoms with Gasteiger partial charge in [0.15, 0.2) is 0 Å². The lowest BCUT2D eigenvalue weighted by molar-refractivity contribution is 0.203. The van der Waals surface area contributed by atoms with Crippen molar-refractivity contribution in [3.63, 3.8) is 0 Å². The maximum Gasteiger partial charge on any atom is 0.0492 e. The van der Waals surface area contributed by atoms with Crippen LogP contribution < -0.4 is 5.32 Å². The Labute approximate surface area is 117 Å². The fourth-order valence-corrected chi connectivity index (χ4v) is 2.96. The second-order valence-corrected chi connectivity index (χ2v) is 5.77. The minimum Gasteiger partial charge on any atom is -0.313 e. The van der Waals surface area contributed by atoms with Crippen LogP contribution >= 0.6 is 0 Å². The van der Waals surface area contributed by atoms with Crippen LogP contribution in [0.15, 0.2) is 12.3 Å². The van der Waals surface area contributed by atoms with E-state index in [1.54, 1.807) is 0 Å². The van der Waals surface area contributed by atoms with Crippen LogP contribution in [0.2, 0.25) is 0 Å². The zero-order chi connectivity index (χ0) is 13.7. The monoisotopic (exact) mass is 264 g/mol. The lowest BCUT2D eigenvalue weighted by Crippen LogP contribution is -2.41. The molecule has 2 unspecified atom stereocenters. The molecule has 0 bridgehead atoms. The van der Waals surface area contributed by atoms with Gasteiger partial charge in [0.05, 0.1) is 0 Å². The number of aryl methyl sites for hydroxylation is 1. The summed E-state index contributed by atoms with van der Waals surface area (Å²) in [5.41, 5.74) is 1.33. The van der Waals surface area contributed by atoms with Crippen molar-refractivity contribution in [3.8, 4) is 0 Å². The van der Waals surface area contributed by atoms with Crippen molar-refractivity contribution < 1.29 is 0 Å². The van der Waals surface area contributed by atoms with Crippen LogP contribution in [-0.4, -0.2) is 46.4 Å². The molecule has 0 spiro atoms. The molecule has 4 nitrogen and oxygen atoms in total. The second kappa shape index (κ2) is 7.06. The van der Waals surface area contributed by atoms with Gasteiger partial charge in [-0.15, -0.1) is 0 Å². The molecule has 0 aromatic carbocycles. The lowest BCUT2D eigenvalue weighted by Gasteiger charge is -2.29. The minimum absolute atomic E-state index is 0.668. The fourth-order valence-electron chi connectivity index (χ4n) is 2.96. The largest absolute Gasteiger partial charge is 0.313 e. The van der Waals surface area contributed by atoms with E-state index < -0.39 is 0 Å². The molecule has 2 atom stereocenters. The highest BCUT2D eigenvalue weighted by molar-refractivity contribution is 5.00. The van der Waals surface area contributed by atoms with Crippen molar-refractivity contribution in [1.29, 1.82) is 0 Å². The van der Waals surface area contributed by atoms with Crippen molar-refractivity contribution in [2.24, 2.45) is 7.05 Å². The number of hydrogen-bond acceptors (Lipinski definition) is 3. The molecule has 4 heteroatoms. The molecular formula is C15H28N4. The Balaban J connectivity index is 1.90. The number of aromatic nitrogens is 2. The summed E-state index contributed by atoms with van der Waals surface area (Å²) in [5, 5.41) is 7.94. The number of hydrogen-bond donors (Lipinski definition) is 1. The van der Waals surface area contributed by atoms with Gasteiger partial charge in [0.1, 0.15) is 0 Å². The van der Waals surface area contributed by atoms with Gasteiger partial charge in [-0.05, 0) is 32.4 Å². The van der Waals surface area contributed by atoms with E-state index in [1.165, 1.54) is 31.5 Å². The van der Waals surface area contributed by atoms with Crippen LogP contribution in [0.3, 0.4) is 0 Å². The minimum atomic E-state index is 0.668. The summed E-state index contributed by atoms with van der Waals surface area (Å²) >= 11 is 0. The molecule has 0 radical (unpaired) electrons. The molecule has 1 aliphatic heterocycles. The van der Waals surface area contributed by atoms with Crippen LogP contribution in [0.5, 0.6) is 0 Å². The van der Waals surface area contributed by atoms with Gasteiger partial charge in [-0.25, -0.2) is 0 Å². The van der Waals surface area contributed by atoms with Gasteiger partial charge in [-0.1, -0.05) is 13.3 Å². The van der Waals surface area contributed by atoms with Gasteiger partial charge in [0.2, 0.25) is 0 Å². The molecule has 0 amide bonds. The van der Waals surface area contributed by atoms with Crippen molar-refractivity contribution in [2.75, 3.05) is 19.6 Å². The first-order valence-electron chi connectivity index (χ1n) is 7.65. The second-order valence-electron chi connectivity index (χ2n) is 5.77. The summed E-state index contributed by atoms with van der Waals surface area (Å²) in [6, 6.07) is 3.48. The summed E-state index contributed by atoms with van der Waals surface area (Å²) in [4.78, 5) is 2.65. The third-order valence-electron chi connectivity index (χ3n) is 4.29. The highest BCUT2D eigenvalue weighted by Crippen LogP contribution is 2.13. The number of nitrogens with one attached hydrogen (secondary N) is 1. The van der Waals surface area contributed by atoms with E-state index >= 15 is 0 Å². The number of rotatable bonds is 5. The van der Waals surface area contributed by atoms with Crippen LogP contribution in [0.4, 0.5) is 0 Å². The fraction of sp³-hybridized carbons (Fsp3) is 0.800. The molecule has 1 aromatic rings. The van der Waals surface area contributed by atoms with Crippen molar-refractivity contribution in [1.82, 2.24) is 20.0 Å². The van der Waals surface area contributed by atoms with Gasteiger partial charge in [-0.2, -0.15) is 5.10 Å². The molecule has 0 aliphatic carbocycles. The number of nitrogens with zero attached hydrogens (tertiary/aromatic N) is 3. The summed E-state index contributed by atoms with van der Waals surface area (Å²) in [6.45, 7) is 8.12. The predicted molar refractivity (Wildman–Crippen MR) is 79.3 cm³/mol. The average Bonchev–Trinajstić information content (AvgIpc) is 2.71. The van der Waals surface area contributed by atoms with E-state index in [2.05, 4.69) is 35.2 Å². The van der Waals surface area contributed by atoms with Crippen molar-refractivity contribution >= 4 is 0 Å². The van der Waals surface area contributed by atoms with E-state index in [0.29, 0.717) is 12.1 Å². The molecule has 108 valence electrons. The Hall–Kier alpha value is -0.870. The van der Waals surface area contributed by atoms with E-state index in [1.807, 2.05) is 17.9 Å². The third-order valence-corrected chi connectivity index (χ3v) is 4.29. The first-order valence-corrected chi connectivity index (χ1v) is 7.65. The zero-order valence-corrected chi connectivity index (χ0v) is 12.6. The van der Waals surface area contributed by atoms with E-state index in [4.69, 9.17) is 0 Å². The Bertz CT molecular complexity index is 374. The molecule has 19 heavy (non-hydrogen) atoms. The summed E-state index contributed by atoms with van der Waals surface area (Å²) in [6.07, 6.45) is 6.80. The first kappa shape index (κ1) is 14.5. The smallest absolute Gasteiger partial charge is 0.0492 e. The molecule has 2 rings (SSSR count). The van der Waals surface area contributed by atoms with Gasteiger partial charge in [-0.3, -0.25) is 9.58 Å². The summed E-state index contributed by atoms with van der Waals surface area (Å²) in [5.74, 6) is 0. The van der Waals surface area contributed by atoms with Crippen LogP contribution in [0.25, 0.3) is 0 Å². The first-order chi connectivity index (χ1) is 9.20. The predicted octanol–water partition coefficient (Wildman–Crippen LogP) is 1.82. The maximum absolute atomic E-state index is 4.25. The van der Waals surface area contributed by atoms with Crippen molar-refractivity contribution in [2.45, 2.75) is 51.6 Å². The molecule has 2 heterocycles. The molecule has 1 aromatic heterocycles. The quantitative estimate of drug-likeness (QED) is 0.880. The Morgan fingerprint density at radius 3 is 3.00 bits per heavy atom. The van der Waals surface area contributed by atoms with Gasteiger partial charge in [0.25, 0.3) is 0 Å². The Morgan fingerprint density at radius 1 is 1.47 bits per heavy atom.